The van der Waals surface area contributed by atoms with Gasteiger partial charge in [0, 0.05) is 31.1 Å². The van der Waals surface area contributed by atoms with Crippen LogP contribution >= 0.6 is 0 Å². The molecule has 8 nitrogen and oxygen atoms in total. The van der Waals surface area contributed by atoms with E-state index >= 15 is 0 Å². The molecule has 132 valence electrons. The summed E-state index contributed by atoms with van der Waals surface area (Å²) in [7, 11) is 1.45. The van der Waals surface area contributed by atoms with Crippen molar-refractivity contribution in [1.82, 2.24) is 9.78 Å². The monoisotopic (exact) mass is 344 g/mol. The fourth-order valence-electron chi connectivity index (χ4n) is 2.02. The van der Waals surface area contributed by atoms with Gasteiger partial charge in [0.25, 0.3) is 17.4 Å². The largest absolute Gasteiger partial charge is 0.372 e. The van der Waals surface area contributed by atoms with E-state index in [0.29, 0.717) is 17.9 Å². The number of aromatic nitrogens is 2. The topological polar surface area (TPSA) is 102 Å². The molecule has 1 heterocycles. The van der Waals surface area contributed by atoms with Gasteiger partial charge in [-0.25, -0.2) is 4.68 Å². The van der Waals surface area contributed by atoms with E-state index in [1.807, 2.05) is 0 Å². The number of nitrogens with zero attached hydrogens (tertiary/aromatic N) is 2. The molecule has 1 aromatic carbocycles. The summed E-state index contributed by atoms with van der Waals surface area (Å²) in [6, 6.07) is 9.37. The minimum Gasteiger partial charge on any atom is -0.372 e. The molecule has 1 atom stereocenters. The zero-order valence-electron chi connectivity index (χ0n) is 14.3. The van der Waals surface area contributed by atoms with Crippen LogP contribution in [0.3, 0.4) is 0 Å². The first-order chi connectivity index (χ1) is 11.9. The van der Waals surface area contributed by atoms with Crippen LogP contribution in [0.4, 0.5) is 11.4 Å². The number of carbonyl (C=O) groups excluding carboxylic acids is 2. The van der Waals surface area contributed by atoms with Crippen LogP contribution in [0.2, 0.25) is 0 Å². The molecule has 2 rings (SSSR count). The van der Waals surface area contributed by atoms with Crippen molar-refractivity contribution in [3.63, 3.8) is 0 Å². The Hall–Kier alpha value is -3.00. The Balaban J connectivity index is 2.12. The highest BCUT2D eigenvalue weighted by Crippen LogP contribution is 2.16. The van der Waals surface area contributed by atoms with E-state index in [1.54, 1.807) is 38.1 Å². The molecular weight excluding hydrogens is 324 g/mol. The average molecular weight is 344 g/mol. The fraction of sp³-hybridized carbons (Fsp3) is 0.294. The van der Waals surface area contributed by atoms with Gasteiger partial charge in [-0.3, -0.25) is 14.4 Å². The summed E-state index contributed by atoms with van der Waals surface area (Å²) in [6.07, 6.45) is -0.586. The molecule has 0 spiro atoms. The van der Waals surface area contributed by atoms with E-state index in [0.717, 1.165) is 0 Å². The highest BCUT2D eigenvalue weighted by molar-refractivity contribution is 6.03. The number of anilines is 2. The molecule has 0 bridgehead atoms. The standard InChI is InChI=1S/C17H20N4O4/c1-4-21-15(22)9-8-14(20-21)17(24)19-13-7-5-6-12(10-13)18-16(23)11(2)25-3/h5-11H,4H2,1-3H3,(H,18,23)(H,19,24)/t11-/m0/s1. The summed E-state index contributed by atoms with van der Waals surface area (Å²) in [6.45, 7) is 3.78. The molecule has 1 aromatic heterocycles. The number of benzene rings is 1. The van der Waals surface area contributed by atoms with Crippen LogP contribution in [0.5, 0.6) is 0 Å². The van der Waals surface area contributed by atoms with Gasteiger partial charge in [0.1, 0.15) is 11.8 Å². The lowest BCUT2D eigenvalue weighted by molar-refractivity contribution is -0.124. The summed E-state index contributed by atoms with van der Waals surface area (Å²) in [4.78, 5) is 35.6. The molecule has 0 saturated heterocycles. The molecule has 8 heteroatoms. The lowest BCUT2D eigenvalue weighted by Gasteiger charge is -2.12. The summed E-state index contributed by atoms with van der Waals surface area (Å²) < 4.78 is 6.16. The molecule has 2 aromatic rings. The highest BCUT2D eigenvalue weighted by Gasteiger charge is 2.13. The minimum atomic E-state index is -0.586. The van der Waals surface area contributed by atoms with E-state index in [9.17, 15) is 14.4 Å². The Labute approximate surface area is 144 Å². The second-order valence-electron chi connectivity index (χ2n) is 5.27. The van der Waals surface area contributed by atoms with Crippen molar-refractivity contribution in [3.05, 3.63) is 52.4 Å². The maximum atomic E-state index is 12.3. The summed E-state index contributed by atoms with van der Waals surface area (Å²) in [5.74, 6) is -0.737. The maximum Gasteiger partial charge on any atom is 0.276 e. The summed E-state index contributed by atoms with van der Waals surface area (Å²) in [5.41, 5.74) is 0.877. The third kappa shape index (κ3) is 4.74. The van der Waals surface area contributed by atoms with E-state index in [-0.39, 0.29) is 17.2 Å². The smallest absolute Gasteiger partial charge is 0.276 e. The normalized spacial score (nSPS) is 11.6. The Morgan fingerprint density at radius 2 is 1.88 bits per heavy atom. The van der Waals surface area contributed by atoms with Crippen molar-refractivity contribution < 1.29 is 14.3 Å². The number of hydrogen-bond acceptors (Lipinski definition) is 5. The lowest BCUT2D eigenvalue weighted by Crippen LogP contribution is -2.26. The first kappa shape index (κ1) is 18.3. The van der Waals surface area contributed by atoms with Crippen molar-refractivity contribution in [1.29, 1.82) is 0 Å². The van der Waals surface area contributed by atoms with E-state index in [2.05, 4.69) is 15.7 Å². The molecule has 0 unspecified atom stereocenters. The van der Waals surface area contributed by atoms with Crippen molar-refractivity contribution in [2.24, 2.45) is 0 Å². The molecule has 2 N–H and O–H groups in total. The van der Waals surface area contributed by atoms with Crippen LogP contribution in [-0.4, -0.2) is 34.8 Å². The predicted molar refractivity (Wildman–Crippen MR) is 93.7 cm³/mol. The molecule has 0 saturated carbocycles. The van der Waals surface area contributed by atoms with Gasteiger partial charge >= 0.3 is 0 Å². The van der Waals surface area contributed by atoms with Crippen LogP contribution in [0.25, 0.3) is 0 Å². The number of carbonyl (C=O) groups is 2. The van der Waals surface area contributed by atoms with Crippen molar-refractivity contribution in [2.45, 2.75) is 26.5 Å². The highest BCUT2D eigenvalue weighted by atomic mass is 16.5. The quantitative estimate of drug-likeness (QED) is 0.826. The Morgan fingerprint density at radius 3 is 2.52 bits per heavy atom. The van der Waals surface area contributed by atoms with Crippen molar-refractivity contribution in [2.75, 3.05) is 17.7 Å². The van der Waals surface area contributed by atoms with Gasteiger partial charge in [0.2, 0.25) is 0 Å². The van der Waals surface area contributed by atoms with Crippen LogP contribution < -0.4 is 16.2 Å². The molecule has 25 heavy (non-hydrogen) atoms. The zero-order chi connectivity index (χ0) is 18.4. The number of amides is 2. The zero-order valence-corrected chi connectivity index (χ0v) is 14.3. The molecule has 0 fully saturated rings. The van der Waals surface area contributed by atoms with E-state index in [4.69, 9.17) is 4.74 Å². The minimum absolute atomic E-state index is 0.129. The lowest BCUT2D eigenvalue weighted by atomic mass is 10.2. The van der Waals surface area contributed by atoms with Gasteiger partial charge < -0.3 is 15.4 Å². The Morgan fingerprint density at radius 1 is 1.20 bits per heavy atom. The van der Waals surface area contributed by atoms with Gasteiger partial charge in [0.05, 0.1) is 0 Å². The first-order valence-corrected chi connectivity index (χ1v) is 7.77. The fourth-order valence-corrected chi connectivity index (χ4v) is 2.02. The molecular formula is C17H20N4O4. The SMILES string of the molecule is CCn1nc(C(=O)Nc2cccc(NC(=O)[C@H](C)OC)c2)ccc1=O. The number of ether oxygens (including phenoxy) is 1. The van der Waals surface area contributed by atoms with E-state index in [1.165, 1.54) is 23.9 Å². The number of hydrogen-bond donors (Lipinski definition) is 2. The Bertz CT molecular complexity index is 831. The second kappa shape index (κ2) is 8.20. The van der Waals surface area contributed by atoms with Crippen LogP contribution in [0.15, 0.2) is 41.2 Å². The van der Waals surface area contributed by atoms with Crippen LogP contribution in [0, 0.1) is 0 Å². The second-order valence-corrected chi connectivity index (χ2v) is 5.27. The maximum absolute atomic E-state index is 12.3. The average Bonchev–Trinajstić information content (AvgIpc) is 2.61. The summed E-state index contributed by atoms with van der Waals surface area (Å²) in [5, 5.41) is 9.38. The third-order valence-corrected chi connectivity index (χ3v) is 3.51. The Kier molecular flexibility index (Phi) is 6.02. The van der Waals surface area contributed by atoms with Gasteiger partial charge in [0.15, 0.2) is 0 Å². The predicted octanol–water partition coefficient (Wildman–Crippen LogP) is 1.49. The van der Waals surface area contributed by atoms with Gasteiger partial charge in [-0.15, -0.1) is 0 Å². The number of nitrogens with one attached hydrogen (secondary N) is 2. The molecule has 0 aliphatic heterocycles. The van der Waals surface area contributed by atoms with E-state index < -0.39 is 12.0 Å². The molecule has 0 radical (unpaired) electrons. The number of methoxy groups -OCH3 is 1. The van der Waals surface area contributed by atoms with Crippen molar-refractivity contribution >= 4 is 23.2 Å². The number of aryl methyl sites for hydroxylation is 1. The van der Waals surface area contributed by atoms with Crippen LogP contribution in [-0.2, 0) is 16.1 Å². The van der Waals surface area contributed by atoms with Gasteiger partial charge in [-0.2, -0.15) is 5.10 Å². The van der Waals surface area contributed by atoms with Crippen molar-refractivity contribution in [3.8, 4) is 0 Å². The summed E-state index contributed by atoms with van der Waals surface area (Å²) >= 11 is 0. The molecule has 2 amide bonds. The third-order valence-electron chi connectivity index (χ3n) is 3.51. The molecule has 0 aliphatic rings. The van der Waals surface area contributed by atoms with Gasteiger partial charge in [-0.05, 0) is 38.1 Å². The van der Waals surface area contributed by atoms with Gasteiger partial charge in [-0.1, -0.05) is 6.07 Å². The molecule has 0 aliphatic carbocycles. The van der Waals surface area contributed by atoms with Crippen LogP contribution in [0.1, 0.15) is 24.3 Å². The number of rotatable bonds is 6. The first-order valence-electron chi connectivity index (χ1n) is 7.77.